The Labute approximate surface area is 267 Å². The Balaban J connectivity index is 1.49. The summed E-state index contributed by atoms with van der Waals surface area (Å²) >= 11 is 0. The van der Waals surface area contributed by atoms with Crippen LogP contribution in [0.4, 0.5) is 4.79 Å². The molecule has 4 rings (SSSR count). The highest BCUT2D eigenvalue weighted by Crippen LogP contribution is 2.65. The molecular weight excluding hydrogens is 576 g/mol. The minimum Gasteiger partial charge on any atom is -0.363 e. The number of rotatable bonds is 12. The molecule has 6 amide bonds. The summed E-state index contributed by atoms with van der Waals surface area (Å²) in [5.74, 6) is -2.40. The van der Waals surface area contributed by atoms with Gasteiger partial charge >= 0.3 is 6.03 Å². The second-order valence-electron chi connectivity index (χ2n) is 15.8. The molecule has 2 aliphatic carbocycles. The molecule has 2 heterocycles. The van der Waals surface area contributed by atoms with E-state index in [1.165, 1.54) is 0 Å². The van der Waals surface area contributed by atoms with E-state index in [1.807, 2.05) is 34.6 Å². The van der Waals surface area contributed by atoms with Crippen LogP contribution in [0, 0.1) is 34.5 Å². The minimum atomic E-state index is -1.09. The van der Waals surface area contributed by atoms with E-state index < -0.39 is 47.2 Å². The Bertz CT molecular complexity index is 1190. The lowest BCUT2D eigenvalue weighted by Gasteiger charge is -2.38. The fourth-order valence-electron chi connectivity index (χ4n) is 7.41. The highest BCUT2D eigenvalue weighted by Gasteiger charge is 2.70. The number of hydrogen-bond donors (Lipinski definition) is 4. The summed E-state index contributed by atoms with van der Waals surface area (Å²) in [6.45, 7) is 15.1. The van der Waals surface area contributed by atoms with Gasteiger partial charge in [-0.1, -0.05) is 67.7 Å². The van der Waals surface area contributed by atoms with Gasteiger partial charge in [0.15, 0.2) is 0 Å². The van der Waals surface area contributed by atoms with E-state index >= 15 is 0 Å². The summed E-state index contributed by atoms with van der Waals surface area (Å²) in [6.07, 6.45) is 5.57. The number of nitrogens with zero attached hydrogens (tertiary/aromatic N) is 2. The van der Waals surface area contributed by atoms with Crippen molar-refractivity contribution >= 4 is 35.4 Å². The van der Waals surface area contributed by atoms with Gasteiger partial charge < -0.3 is 31.5 Å². The van der Waals surface area contributed by atoms with Crippen molar-refractivity contribution < 1.29 is 28.8 Å². The van der Waals surface area contributed by atoms with Crippen molar-refractivity contribution in [2.75, 3.05) is 19.6 Å². The number of nitrogens with two attached hydrogens (primary N) is 1. The predicted octanol–water partition coefficient (Wildman–Crippen LogP) is 1.95. The first-order valence-corrected chi connectivity index (χ1v) is 16.7. The van der Waals surface area contributed by atoms with Crippen molar-refractivity contribution in [1.29, 1.82) is 0 Å². The van der Waals surface area contributed by atoms with Gasteiger partial charge in [0, 0.05) is 26.1 Å². The number of urea groups is 1. The zero-order valence-electron chi connectivity index (χ0n) is 28.1. The van der Waals surface area contributed by atoms with Crippen LogP contribution in [0.3, 0.4) is 0 Å². The third-order valence-corrected chi connectivity index (χ3v) is 10.8. The Hall–Kier alpha value is -3.18. The number of hydrogen-bond acceptors (Lipinski definition) is 6. The van der Waals surface area contributed by atoms with Crippen LogP contribution in [0.15, 0.2) is 0 Å². The highest BCUT2D eigenvalue weighted by molar-refractivity contribution is 6.37. The number of fused-ring (bicyclic) bond motifs is 1. The number of carbonyl (C=O) groups is 6. The lowest BCUT2D eigenvalue weighted by molar-refractivity contribution is -0.145. The SMILES string of the molecule is CC(C)C(CN1CCCCC1=O)NC(=O)N[C@H](C(=O)N1CC2C(C1C(=O)NC(CC1CCC1)C(=O)C(N)=O)C2(C)C)C(C)(C)C. The summed E-state index contributed by atoms with van der Waals surface area (Å²) in [5, 5.41) is 8.70. The monoisotopic (exact) mass is 630 g/mol. The molecule has 0 spiro atoms. The third-order valence-electron chi connectivity index (χ3n) is 10.8. The number of piperidine rings is 2. The second-order valence-corrected chi connectivity index (χ2v) is 15.8. The third kappa shape index (κ3) is 7.62. The predicted molar refractivity (Wildman–Crippen MR) is 168 cm³/mol. The van der Waals surface area contributed by atoms with Gasteiger partial charge in [-0.25, -0.2) is 4.79 Å². The van der Waals surface area contributed by atoms with E-state index in [9.17, 15) is 28.8 Å². The molecule has 4 fully saturated rings. The number of ketones is 1. The van der Waals surface area contributed by atoms with E-state index in [0.717, 1.165) is 32.1 Å². The van der Waals surface area contributed by atoms with E-state index in [2.05, 4.69) is 29.8 Å². The number of Topliss-reactive ketones (excluding diaryl/α,β-unsaturated/α-hetero) is 1. The van der Waals surface area contributed by atoms with Crippen LogP contribution in [0.2, 0.25) is 0 Å². The van der Waals surface area contributed by atoms with Crippen LogP contribution in [0.1, 0.15) is 93.4 Å². The topological polar surface area (TPSA) is 171 Å². The first-order chi connectivity index (χ1) is 20.9. The minimum absolute atomic E-state index is 0.0475. The van der Waals surface area contributed by atoms with E-state index in [0.29, 0.717) is 32.5 Å². The maximum Gasteiger partial charge on any atom is 0.315 e. The van der Waals surface area contributed by atoms with Gasteiger partial charge in [-0.15, -0.1) is 0 Å². The Morgan fingerprint density at radius 2 is 1.67 bits per heavy atom. The molecule has 12 nitrogen and oxygen atoms in total. The molecule has 2 saturated heterocycles. The Morgan fingerprint density at radius 3 is 2.20 bits per heavy atom. The normalized spacial score (nSPS) is 26.3. The molecule has 0 radical (unpaired) electrons. The van der Waals surface area contributed by atoms with Gasteiger partial charge in [-0.3, -0.25) is 24.0 Å². The number of amides is 6. The summed E-state index contributed by atoms with van der Waals surface area (Å²) in [5.41, 5.74) is 4.47. The molecule has 12 heteroatoms. The van der Waals surface area contributed by atoms with Gasteiger partial charge in [0.1, 0.15) is 12.1 Å². The molecule has 2 aliphatic heterocycles. The number of likely N-dealkylation sites (tertiary alicyclic amines) is 2. The van der Waals surface area contributed by atoms with Crippen molar-refractivity contribution in [2.24, 2.45) is 40.2 Å². The number of carbonyl (C=O) groups excluding carboxylic acids is 6. The van der Waals surface area contributed by atoms with Crippen LogP contribution in [0.25, 0.3) is 0 Å². The van der Waals surface area contributed by atoms with Crippen molar-refractivity contribution in [3.63, 3.8) is 0 Å². The van der Waals surface area contributed by atoms with E-state index in [4.69, 9.17) is 5.73 Å². The van der Waals surface area contributed by atoms with Crippen molar-refractivity contribution in [3.05, 3.63) is 0 Å². The molecule has 4 aliphatic rings. The summed E-state index contributed by atoms with van der Waals surface area (Å²) in [4.78, 5) is 81.9. The van der Waals surface area contributed by atoms with Crippen LogP contribution in [-0.2, 0) is 24.0 Å². The van der Waals surface area contributed by atoms with E-state index in [1.54, 1.807) is 9.80 Å². The molecule has 0 bridgehead atoms. The lowest BCUT2D eigenvalue weighted by atomic mass is 9.80. The average molecular weight is 631 g/mol. The first-order valence-electron chi connectivity index (χ1n) is 16.7. The average Bonchev–Trinajstić information content (AvgIpc) is 3.24. The van der Waals surface area contributed by atoms with Crippen molar-refractivity contribution in [2.45, 2.75) is 118 Å². The molecule has 5 unspecified atom stereocenters. The molecule has 5 N–H and O–H groups in total. The summed E-state index contributed by atoms with van der Waals surface area (Å²) in [7, 11) is 0. The largest absolute Gasteiger partial charge is 0.363 e. The Morgan fingerprint density at radius 1 is 1.00 bits per heavy atom. The van der Waals surface area contributed by atoms with Gasteiger partial charge in [0.2, 0.25) is 23.5 Å². The summed E-state index contributed by atoms with van der Waals surface area (Å²) in [6, 6.07) is -3.64. The molecule has 252 valence electrons. The Kier molecular flexibility index (Phi) is 10.2. The van der Waals surface area contributed by atoms with Crippen molar-refractivity contribution in [1.82, 2.24) is 25.8 Å². The zero-order valence-corrected chi connectivity index (χ0v) is 28.1. The summed E-state index contributed by atoms with van der Waals surface area (Å²) < 4.78 is 0. The molecular formula is C33H54N6O6. The van der Waals surface area contributed by atoms with Gasteiger partial charge in [0.25, 0.3) is 5.91 Å². The lowest BCUT2D eigenvalue weighted by Crippen LogP contribution is -2.62. The molecule has 2 saturated carbocycles. The highest BCUT2D eigenvalue weighted by atomic mass is 16.2. The first kappa shape index (κ1) is 34.7. The molecule has 0 aromatic heterocycles. The van der Waals surface area contributed by atoms with Crippen LogP contribution < -0.4 is 21.7 Å². The van der Waals surface area contributed by atoms with Crippen molar-refractivity contribution in [3.8, 4) is 0 Å². The maximum absolute atomic E-state index is 14.3. The number of nitrogens with one attached hydrogen (secondary N) is 3. The quantitative estimate of drug-likeness (QED) is 0.240. The fourth-order valence-corrected chi connectivity index (χ4v) is 7.41. The fraction of sp³-hybridized carbons (Fsp3) is 0.818. The zero-order chi connectivity index (χ0) is 33.4. The molecule has 0 aromatic rings. The van der Waals surface area contributed by atoms with E-state index in [-0.39, 0.29) is 46.9 Å². The number of primary amides is 1. The van der Waals surface area contributed by atoms with Crippen LogP contribution in [0.5, 0.6) is 0 Å². The molecule has 6 atom stereocenters. The van der Waals surface area contributed by atoms with Gasteiger partial charge in [-0.05, 0) is 53.8 Å². The maximum atomic E-state index is 14.3. The van der Waals surface area contributed by atoms with Gasteiger partial charge in [0.05, 0.1) is 12.1 Å². The second kappa shape index (κ2) is 13.3. The molecule has 0 aromatic carbocycles. The smallest absolute Gasteiger partial charge is 0.315 e. The molecule has 45 heavy (non-hydrogen) atoms. The standard InChI is InChI=1S/C33H54N6O6/c1-18(2)22(17-38-14-9-8-13-23(38)40)36-31(45)37-27(32(3,4)5)30(44)39-16-20-24(33(20,6)7)25(39)29(43)35-21(26(41)28(34)42)15-19-11-10-12-19/h18-22,24-25,27H,8-17H2,1-7H3,(H2,34,42)(H,35,43)(H2,36,37,45)/t20?,21?,22?,24?,25?,27-/m1/s1. The van der Waals surface area contributed by atoms with Crippen LogP contribution in [-0.4, -0.2) is 89.0 Å². The van der Waals surface area contributed by atoms with Gasteiger partial charge in [-0.2, -0.15) is 0 Å². The van der Waals surface area contributed by atoms with Crippen LogP contribution >= 0.6 is 0 Å².